The van der Waals surface area contributed by atoms with E-state index in [1.165, 1.54) is 34.3 Å². The normalized spacial score (nSPS) is 18.8. The SMILES string of the molecule is COc1c(C)c(O)c2c(c1O)[C@@H](N(C)C)C1=Cc3c(O)c(C)c(OC)c(OC)c3[C@H](O)N1C(=O)C2=O. The van der Waals surface area contributed by atoms with Gasteiger partial charge in [-0.3, -0.25) is 19.4 Å². The number of aromatic hydroxyl groups is 3. The summed E-state index contributed by atoms with van der Waals surface area (Å²) in [4.78, 5) is 29.5. The Hall–Kier alpha value is -3.96. The second kappa shape index (κ2) is 8.61. The topological polar surface area (TPSA) is 149 Å². The summed E-state index contributed by atoms with van der Waals surface area (Å²) in [6.45, 7) is 3.04. The molecular formula is C25H28N2O9. The van der Waals surface area contributed by atoms with Gasteiger partial charge in [-0.2, -0.15) is 0 Å². The first-order chi connectivity index (χ1) is 16.9. The fourth-order valence-electron chi connectivity index (χ4n) is 5.10. The lowest BCUT2D eigenvalue weighted by molar-refractivity contribution is -0.134. The summed E-state index contributed by atoms with van der Waals surface area (Å²) in [5, 5.41) is 44.6. The maximum atomic E-state index is 13.6. The van der Waals surface area contributed by atoms with E-state index in [2.05, 4.69) is 0 Å². The number of hydrogen-bond acceptors (Lipinski definition) is 10. The maximum absolute atomic E-state index is 13.6. The second-order valence-electron chi connectivity index (χ2n) is 8.82. The lowest BCUT2D eigenvalue weighted by Crippen LogP contribution is -2.42. The van der Waals surface area contributed by atoms with Crippen molar-refractivity contribution < 1.29 is 44.2 Å². The average molecular weight is 501 g/mol. The number of methoxy groups -OCH3 is 3. The highest BCUT2D eigenvalue weighted by molar-refractivity contribution is 6.44. The Morgan fingerprint density at radius 2 is 1.39 bits per heavy atom. The molecule has 2 aliphatic rings. The lowest BCUT2D eigenvalue weighted by Gasteiger charge is -2.39. The van der Waals surface area contributed by atoms with E-state index in [0.717, 1.165) is 4.90 Å². The molecule has 0 spiro atoms. The molecule has 4 N–H and O–H groups in total. The van der Waals surface area contributed by atoms with Crippen molar-refractivity contribution in [2.45, 2.75) is 26.1 Å². The van der Waals surface area contributed by atoms with Gasteiger partial charge in [-0.15, -0.1) is 0 Å². The second-order valence-corrected chi connectivity index (χ2v) is 8.82. The van der Waals surface area contributed by atoms with Gasteiger partial charge in [0.05, 0.1) is 38.5 Å². The van der Waals surface area contributed by atoms with Crippen LogP contribution in [0.5, 0.6) is 34.5 Å². The van der Waals surface area contributed by atoms with Crippen LogP contribution < -0.4 is 14.2 Å². The summed E-state index contributed by atoms with van der Waals surface area (Å²) in [6, 6.07) is -1.02. The molecule has 2 heterocycles. The number of phenols is 3. The van der Waals surface area contributed by atoms with Crippen molar-refractivity contribution in [2.75, 3.05) is 35.4 Å². The lowest BCUT2D eigenvalue weighted by atomic mass is 9.88. The Labute approximate surface area is 207 Å². The quantitative estimate of drug-likeness (QED) is 0.363. The molecule has 0 saturated heterocycles. The van der Waals surface area contributed by atoms with E-state index < -0.39 is 41.0 Å². The van der Waals surface area contributed by atoms with Crippen LogP contribution in [0.1, 0.15) is 50.4 Å². The Kier molecular flexibility index (Phi) is 6.01. The minimum atomic E-state index is -1.77. The highest BCUT2D eigenvalue weighted by Crippen LogP contribution is 2.55. The van der Waals surface area contributed by atoms with E-state index in [4.69, 9.17) is 14.2 Å². The number of rotatable bonds is 4. The first kappa shape index (κ1) is 25.1. The van der Waals surface area contributed by atoms with Crippen molar-refractivity contribution in [1.29, 1.82) is 0 Å². The van der Waals surface area contributed by atoms with Crippen molar-refractivity contribution >= 4 is 17.8 Å². The van der Waals surface area contributed by atoms with E-state index >= 15 is 0 Å². The van der Waals surface area contributed by atoms with Gasteiger partial charge in [-0.1, -0.05) is 0 Å². The van der Waals surface area contributed by atoms with Gasteiger partial charge in [0.2, 0.25) is 0 Å². The third-order valence-corrected chi connectivity index (χ3v) is 6.76. The van der Waals surface area contributed by atoms with Gasteiger partial charge in [-0.25, -0.2) is 0 Å². The fraction of sp³-hybridized carbons (Fsp3) is 0.360. The van der Waals surface area contributed by atoms with Crippen LogP contribution in [0.25, 0.3) is 6.08 Å². The van der Waals surface area contributed by atoms with Crippen molar-refractivity contribution in [1.82, 2.24) is 9.80 Å². The zero-order valence-corrected chi connectivity index (χ0v) is 21.0. The van der Waals surface area contributed by atoms with Crippen LogP contribution >= 0.6 is 0 Å². The largest absolute Gasteiger partial charge is 0.507 e. The van der Waals surface area contributed by atoms with Gasteiger partial charge in [0.1, 0.15) is 11.5 Å². The maximum Gasteiger partial charge on any atom is 0.301 e. The summed E-state index contributed by atoms with van der Waals surface area (Å²) in [5.74, 6) is -3.28. The molecule has 0 fully saturated rings. The summed E-state index contributed by atoms with van der Waals surface area (Å²) in [5.41, 5.74) is 0.200. The molecule has 2 aromatic carbocycles. The summed E-state index contributed by atoms with van der Waals surface area (Å²) < 4.78 is 16.1. The smallest absolute Gasteiger partial charge is 0.301 e. The van der Waals surface area contributed by atoms with Crippen LogP contribution in [0.3, 0.4) is 0 Å². The standard InChI is InChI=1S/C25H28N2O9/c1-9-17(28)11-8-12-16(26(3)4)14-15(18(29)10(2)21(34-5)19(14)30)20(31)25(33)27(12)24(32)13(11)23(36-7)22(9)35-6/h8,16,24,28-30,32H,1-7H3/t16-,24-/m0/s1. The third kappa shape index (κ3) is 3.12. The molecule has 192 valence electrons. The molecule has 2 aliphatic heterocycles. The number of hydrogen-bond donors (Lipinski definition) is 4. The molecule has 0 saturated carbocycles. The first-order valence-corrected chi connectivity index (χ1v) is 11.0. The Morgan fingerprint density at radius 1 is 0.833 bits per heavy atom. The molecule has 0 bridgehead atoms. The highest BCUT2D eigenvalue weighted by Gasteiger charge is 2.48. The van der Waals surface area contributed by atoms with Crippen molar-refractivity contribution in [2.24, 2.45) is 0 Å². The van der Waals surface area contributed by atoms with Crippen LogP contribution in [0.15, 0.2) is 5.70 Å². The molecule has 0 unspecified atom stereocenters. The number of benzene rings is 2. The first-order valence-electron chi connectivity index (χ1n) is 11.0. The number of fused-ring (bicyclic) bond motifs is 3. The van der Waals surface area contributed by atoms with E-state index in [1.54, 1.807) is 25.9 Å². The summed E-state index contributed by atoms with van der Waals surface area (Å²) >= 11 is 0. The number of aliphatic hydroxyl groups excluding tert-OH is 1. The van der Waals surface area contributed by atoms with E-state index in [9.17, 15) is 30.0 Å². The molecule has 0 radical (unpaired) electrons. The number of aliphatic hydroxyl groups is 1. The molecule has 36 heavy (non-hydrogen) atoms. The summed E-state index contributed by atoms with van der Waals surface area (Å²) in [6.07, 6.45) is -0.323. The van der Waals surface area contributed by atoms with E-state index in [-0.39, 0.29) is 50.9 Å². The molecule has 11 nitrogen and oxygen atoms in total. The average Bonchev–Trinajstić information content (AvgIpc) is 2.93. The van der Waals surface area contributed by atoms with Gasteiger partial charge in [-0.05, 0) is 34.0 Å². The molecule has 1 amide bonds. The molecule has 2 atom stereocenters. The highest BCUT2D eigenvalue weighted by atomic mass is 16.5. The molecule has 4 rings (SSSR count). The Bertz CT molecular complexity index is 1350. The van der Waals surface area contributed by atoms with Gasteiger partial charge >= 0.3 is 5.91 Å². The van der Waals surface area contributed by atoms with Crippen LogP contribution in [0.2, 0.25) is 0 Å². The number of ketones is 1. The van der Waals surface area contributed by atoms with Crippen LogP contribution in [0.4, 0.5) is 0 Å². The molecule has 0 aromatic heterocycles. The van der Waals surface area contributed by atoms with Crippen molar-refractivity contribution in [3.63, 3.8) is 0 Å². The molecule has 0 aliphatic carbocycles. The van der Waals surface area contributed by atoms with Gasteiger partial charge in [0, 0.05) is 28.0 Å². The molecular weight excluding hydrogens is 472 g/mol. The summed E-state index contributed by atoms with van der Waals surface area (Å²) in [7, 11) is 7.29. The number of carbonyl (C=O) groups is 2. The van der Waals surface area contributed by atoms with Gasteiger partial charge < -0.3 is 34.6 Å². The minimum absolute atomic E-state index is 0.0213. The number of Topliss-reactive ketones (excluding diaryl/α,β-unsaturated/α-hetero) is 1. The monoisotopic (exact) mass is 500 g/mol. The van der Waals surface area contributed by atoms with Gasteiger partial charge in [0.15, 0.2) is 29.2 Å². The number of likely N-dealkylation sites (N-methyl/N-ethyl adjacent to an activating group) is 1. The number of ether oxygens (including phenoxy) is 3. The minimum Gasteiger partial charge on any atom is -0.507 e. The van der Waals surface area contributed by atoms with E-state index in [1.807, 2.05) is 0 Å². The van der Waals surface area contributed by atoms with Crippen LogP contribution in [-0.2, 0) is 4.79 Å². The third-order valence-electron chi connectivity index (χ3n) is 6.76. The number of carbonyl (C=O) groups excluding carboxylic acids is 2. The number of nitrogens with zero attached hydrogens (tertiary/aromatic N) is 2. The molecule has 11 heteroatoms. The number of amides is 1. The van der Waals surface area contributed by atoms with Crippen LogP contribution in [-0.4, -0.2) is 77.3 Å². The zero-order chi connectivity index (χ0) is 26.8. The Morgan fingerprint density at radius 3 is 1.92 bits per heavy atom. The van der Waals surface area contributed by atoms with Crippen LogP contribution in [0, 0.1) is 13.8 Å². The van der Waals surface area contributed by atoms with Crippen molar-refractivity contribution in [3.05, 3.63) is 39.1 Å². The Balaban J connectivity index is 2.17. The fourth-order valence-corrected chi connectivity index (χ4v) is 5.10. The van der Waals surface area contributed by atoms with Crippen molar-refractivity contribution in [3.8, 4) is 34.5 Å². The zero-order valence-electron chi connectivity index (χ0n) is 21.0. The molecule has 2 aromatic rings. The predicted molar refractivity (Wildman–Crippen MR) is 128 cm³/mol. The van der Waals surface area contributed by atoms with Gasteiger partial charge in [0.25, 0.3) is 5.78 Å². The predicted octanol–water partition coefficient (Wildman–Crippen LogP) is 2.12. The van der Waals surface area contributed by atoms with E-state index in [0.29, 0.717) is 5.56 Å². The number of phenolic OH excluding ortho intramolecular Hbond substituents is 3.